The lowest BCUT2D eigenvalue weighted by atomic mass is 10.1. The summed E-state index contributed by atoms with van der Waals surface area (Å²) in [6, 6.07) is 16.5. The number of nitrogens with two attached hydrogens (primary N) is 1. The van der Waals surface area contributed by atoms with Gasteiger partial charge in [0.2, 0.25) is 0 Å². The standard InChI is InChI=1S/C16H15NO4S/c17-16(15(18)19)13(11-7-3-1-4-8-11)14(16)22(20,21)12-9-5-2-6-10-12/h1-10,13-14H,17H2,(H,18,19)/t13-,14-,16+/m0/s1. The van der Waals surface area contributed by atoms with Crippen LogP contribution in [0.5, 0.6) is 0 Å². The topological polar surface area (TPSA) is 97.5 Å². The van der Waals surface area contributed by atoms with Crippen LogP contribution in [0.2, 0.25) is 0 Å². The molecule has 0 heterocycles. The van der Waals surface area contributed by atoms with E-state index in [1.807, 2.05) is 0 Å². The van der Waals surface area contributed by atoms with Crippen LogP contribution in [-0.4, -0.2) is 30.3 Å². The largest absolute Gasteiger partial charge is 0.480 e. The number of aliphatic carboxylic acids is 1. The SMILES string of the molecule is N[C@]1(C(=O)O)[C@@H](c2ccccc2)[C@@H]1S(=O)(=O)c1ccccc1. The first kappa shape index (κ1) is 14.7. The Balaban J connectivity index is 2.08. The zero-order valence-corrected chi connectivity index (χ0v) is 12.4. The van der Waals surface area contributed by atoms with Crippen molar-refractivity contribution in [3.8, 4) is 0 Å². The summed E-state index contributed by atoms with van der Waals surface area (Å²) < 4.78 is 25.5. The number of carboxylic acids is 1. The molecule has 114 valence electrons. The van der Waals surface area contributed by atoms with Crippen LogP contribution in [0.15, 0.2) is 65.6 Å². The van der Waals surface area contributed by atoms with Crippen molar-refractivity contribution in [1.82, 2.24) is 0 Å². The molecular weight excluding hydrogens is 302 g/mol. The number of hydrogen-bond donors (Lipinski definition) is 2. The lowest BCUT2D eigenvalue weighted by Crippen LogP contribution is -2.39. The van der Waals surface area contributed by atoms with Gasteiger partial charge in [0.15, 0.2) is 9.84 Å². The third kappa shape index (κ3) is 2.03. The van der Waals surface area contributed by atoms with Crippen LogP contribution in [0, 0.1) is 0 Å². The average molecular weight is 317 g/mol. The molecule has 22 heavy (non-hydrogen) atoms. The molecule has 3 atom stereocenters. The Hall–Kier alpha value is -2.18. The zero-order chi connectivity index (χ0) is 16.0. The first-order valence-corrected chi connectivity index (χ1v) is 8.31. The summed E-state index contributed by atoms with van der Waals surface area (Å²) in [6.45, 7) is 0. The van der Waals surface area contributed by atoms with Gasteiger partial charge in [0.1, 0.15) is 10.8 Å². The van der Waals surface area contributed by atoms with Gasteiger partial charge in [-0.15, -0.1) is 0 Å². The van der Waals surface area contributed by atoms with Gasteiger partial charge >= 0.3 is 5.97 Å². The highest BCUT2D eigenvalue weighted by molar-refractivity contribution is 7.92. The Morgan fingerprint density at radius 1 is 1.00 bits per heavy atom. The number of carbonyl (C=O) groups is 1. The summed E-state index contributed by atoms with van der Waals surface area (Å²) in [4.78, 5) is 11.7. The van der Waals surface area contributed by atoms with Crippen molar-refractivity contribution >= 4 is 15.8 Å². The number of rotatable bonds is 4. The van der Waals surface area contributed by atoms with Gasteiger partial charge in [0.05, 0.1) is 4.90 Å². The smallest absolute Gasteiger partial charge is 0.325 e. The van der Waals surface area contributed by atoms with Crippen molar-refractivity contribution in [2.75, 3.05) is 0 Å². The quantitative estimate of drug-likeness (QED) is 0.888. The molecule has 0 bridgehead atoms. The first-order chi connectivity index (χ1) is 10.4. The molecule has 5 nitrogen and oxygen atoms in total. The molecule has 0 spiro atoms. The van der Waals surface area contributed by atoms with Crippen LogP contribution in [0.1, 0.15) is 11.5 Å². The van der Waals surface area contributed by atoms with Crippen LogP contribution in [0.25, 0.3) is 0 Å². The van der Waals surface area contributed by atoms with Crippen molar-refractivity contribution in [3.05, 3.63) is 66.2 Å². The fourth-order valence-corrected chi connectivity index (χ4v) is 5.19. The Bertz CT molecular complexity index is 805. The summed E-state index contributed by atoms with van der Waals surface area (Å²) in [5.41, 5.74) is 4.78. The molecule has 0 aliphatic heterocycles. The van der Waals surface area contributed by atoms with E-state index >= 15 is 0 Å². The molecule has 3 rings (SSSR count). The van der Waals surface area contributed by atoms with E-state index in [4.69, 9.17) is 5.73 Å². The highest BCUT2D eigenvalue weighted by Crippen LogP contribution is 2.55. The average Bonchev–Trinajstić information content (AvgIpc) is 3.18. The summed E-state index contributed by atoms with van der Waals surface area (Å²) in [5, 5.41) is 8.27. The molecule has 0 aromatic heterocycles. The summed E-state index contributed by atoms with van der Waals surface area (Å²) in [5.74, 6) is -2.05. The van der Waals surface area contributed by atoms with E-state index in [2.05, 4.69) is 0 Å². The number of hydrogen-bond acceptors (Lipinski definition) is 4. The number of sulfone groups is 1. The highest BCUT2D eigenvalue weighted by atomic mass is 32.2. The Kier molecular flexibility index (Phi) is 3.30. The highest BCUT2D eigenvalue weighted by Gasteiger charge is 2.74. The molecule has 1 aliphatic carbocycles. The van der Waals surface area contributed by atoms with E-state index in [0.29, 0.717) is 5.56 Å². The molecular formula is C16H15NO4S. The summed E-state index contributed by atoms with van der Waals surface area (Å²) in [7, 11) is -3.82. The third-order valence-corrected chi connectivity index (χ3v) is 6.37. The second kappa shape index (κ2) is 4.93. The van der Waals surface area contributed by atoms with Gasteiger partial charge < -0.3 is 10.8 Å². The van der Waals surface area contributed by atoms with E-state index < -0.39 is 32.5 Å². The maximum absolute atomic E-state index is 12.8. The fourth-order valence-electron chi connectivity index (χ4n) is 2.93. The van der Waals surface area contributed by atoms with Gasteiger partial charge in [-0.2, -0.15) is 0 Å². The van der Waals surface area contributed by atoms with Gasteiger partial charge in [0.25, 0.3) is 0 Å². The van der Waals surface area contributed by atoms with Crippen molar-refractivity contribution < 1.29 is 18.3 Å². The van der Waals surface area contributed by atoms with Gasteiger partial charge in [-0.25, -0.2) is 8.42 Å². The molecule has 1 aliphatic rings. The molecule has 6 heteroatoms. The predicted molar refractivity (Wildman–Crippen MR) is 81.2 cm³/mol. The van der Waals surface area contributed by atoms with Gasteiger partial charge in [-0.3, -0.25) is 4.79 Å². The van der Waals surface area contributed by atoms with Crippen LogP contribution in [0.3, 0.4) is 0 Å². The number of carboxylic acid groups (broad SMARTS) is 1. The minimum atomic E-state index is -3.82. The van der Waals surface area contributed by atoms with Crippen molar-refractivity contribution in [3.63, 3.8) is 0 Å². The molecule has 0 amide bonds. The summed E-state index contributed by atoms with van der Waals surface area (Å²) >= 11 is 0. The van der Waals surface area contributed by atoms with Crippen molar-refractivity contribution in [2.24, 2.45) is 5.73 Å². The normalized spacial score (nSPS) is 27.3. The molecule has 0 unspecified atom stereocenters. The van der Waals surface area contributed by atoms with E-state index in [9.17, 15) is 18.3 Å². The van der Waals surface area contributed by atoms with Gasteiger partial charge in [0, 0.05) is 5.92 Å². The maximum atomic E-state index is 12.8. The zero-order valence-electron chi connectivity index (χ0n) is 11.6. The van der Waals surface area contributed by atoms with Crippen LogP contribution in [0.4, 0.5) is 0 Å². The first-order valence-electron chi connectivity index (χ1n) is 6.76. The van der Waals surface area contributed by atoms with E-state index in [1.165, 1.54) is 12.1 Å². The van der Waals surface area contributed by atoms with Gasteiger partial charge in [-0.1, -0.05) is 48.5 Å². The Labute approximate surface area is 128 Å². The molecule has 3 N–H and O–H groups in total. The van der Waals surface area contributed by atoms with E-state index in [-0.39, 0.29) is 4.90 Å². The second-order valence-electron chi connectivity index (χ2n) is 5.41. The third-order valence-electron chi connectivity index (χ3n) is 4.11. The Morgan fingerprint density at radius 2 is 1.50 bits per heavy atom. The van der Waals surface area contributed by atoms with Crippen molar-refractivity contribution in [2.45, 2.75) is 21.6 Å². The van der Waals surface area contributed by atoms with E-state index in [1.54, 1.807) is 48.5 Å². The lowest BCUT2D eigenvalue weighted by molar-refractivity contribution is -0.139. The molecule has 0 saturated heterocycles. The summed E-state index contributed by atoms with van der Waals surface area (Å²) in [6.07, 6.45) is 0. The Morgan fingerprint density at radius 3 is 2.00 bits per heavy atom. The fraction of sp³-hybridized carbons (Fsp3) is 0.188. The van der Waals surface area contributed by atoms with Crippen LogP contribution < -0.4 is 5.73 Å². The minimum Gasteiger partial charge on any atom is -0.480 e. The molecule has 1 saturated carbocycles. The molecule has 2 aromatic rings. The monoisotopic (exact) mass is 317 g/mol. The van der Waals surface area contributed by atoms with Crippen LogP contribution in [-0.2, 0) is 14.6 Å². The number of benzene rings is 2. The minimum absolute atomic E-state index is 0.0921. The lowest BCUT2D eigenvalue weighted by Gasteiger charge is -2.06. The van der Waals surface area contributed by atoms with E-state index in [0.717, 1.165) is 0 Å². The van der Waals surface area contributed by atoms with Crippen LogP contribution >= 0.6 is 0 Å². The van der Waals surface area contributed by atoms with Crippen molar-refractivity contribution in [1.29, 1.82) is 0 Å². The second-order valence-corrected chi connectivity index (χ2v) is 7.47. The predicted octanol–water partition coefficient (Wildman–Crippen LogP) is 1.41. The molecule has 0 radical (unpaired) electrons. The maximum Gasteiger partial charge on any atom is 0.325 e. The van der Waals surface area contributed by atoms with Gasteiger partial charge in [-0.05, 0) is 17.7 Å². The molecule has 1 fully saturated rings. The molecule has 2 aromatic carbocycles.